The van der Waals surface area contributed by atoms with Gasteiger partial charge in [-0.15, -0.1) is 0 Å². The van der Waals surface area contributed by atoms with E-state index in [-0.39, 0.29) is 1.43 Å². The summed E-state index contributed by atoms with van der Waals surface area (Å²) in [5.41, 5.74) is 2.16. The molecule has 5 heteroatoms. The molecular formula is C21H43N3O2. The van der Waals surface area contributed by atoms with Crippen LogP contribution >= 0.6 is 0 Å². The molecule has 0 radical (unpaired) electrons. The van der Waals surface area contributed by atoms with Gasteiger partial charge in [-0.05, 0) is 40.8 Å². The summed E-state index contributed by atoms with van der Waals surface area (Å²) in [4.78, 5) is 6.00. The van der Waals surface area contributed by atoms with Crippen LogP contribution in [0.3, 0.4) is 0 Å². The second-order valence-corrected chi connectivity index (χ2v) is 5.86. The average Bonchev–Trinajstić information content (AvgIpc) is 2.68. The summed E-state index contributed by atoms with van der Waals surface area (Å²) in [5, 5.41) is 21.9. The fraction of sp³-hybridized carbons (Fsp3) is 0.667. The van der Waals surface area contributed by atoms with Crippen LogP contribution in [-0.4, -0.2) is 60.5 Å². The van der Waals surface area contributed by atoms with E-state index in [2.05, 4.69) is 54.2 Å². The molecule has 26 heavy (non-hydrogen) atoms. The van der Waals surface area contributed by atoms with Crippen LogP contribution in [-0.2, 0) is 0 Å². The molecule has 0 saturated carbocycles. The van der Waals surface area contributed by atoms with Gasteiger partial charge in [0.25, 0.3) is 0 Å². The molecule has 2 atom stereocenters. The Hall–Kier alpha value is -1.27. The number of dihydropyridines is 1. The van der Waals surface area contributed by atoms with Crippen molar-refractivity contribution >= 4 is 6.21 Å². The van der Waals surface area contributed by atoms with Crippen molar-refractivity contribution in [2.45, 2.75) is 66.8 Å². The van der Waals surface area contributed by atoms with Crippen LogP contribution in [0.2, 0.25) is 0 Å². The second-order valence-electron chi connectivity index (χ2n) is 5.86. The Morgan fingerprint density at radius 1 is 1.46 bits per heavy atom. The Balaban J connectivity index is -0.000000447. The molecule has 5 nitrogen and oxygen atoms in total. The minimum Gasteiger partial charge on any atom is -0.374 e. The highest BCUT2D eigenvalue weighted by Gasteiger charge is 2.12. The Bertz CT molecular complexity index is 449. The predicted molar refractivity (Wildman–Crippen MR) is 117 cm³/mol. The van der Waals surface area contributed by atoms with E-state index in [1.165, 1.54) is 11.8 Å². The van der Waals surface area contributed by atoms with Crippen LogP contribution in [0, 0.1) is 0 Å². The van der Waals surface area contributed by atoms with E-state index in [9.17, 15) is 5.11 Å². The molecule has 0 amide bonds. The van der Waals surface area contributed by atoms with Gasteiger partial charge in [0.15, 0.2) is 0 Å². The molecule has 0 bridgehead atoms. The first-order chi connectivity index (χ1) is 12.4. The monoisotopic (exact) mass is 369 g/mol. The van der Waals surface area contributed by atoms with Crippen molar-refractivity contribution in [1.29, 1.82) is 0 Å². The zero-order valence-corrected chi connectivity index (χ0v) is 17.9. The molecule has 3 N–H and O–H groups in total. The number of hydrogen-bond acceptors (Lipinski definition) is 5. The molecule has 1 aliphatic heterocycles. The fourth-order valence-corrected chi connectivity index (χ4v) is 1.80. The number of aliphatic imine (C=N–C) groups is 1. The van der Waals surface area contributed by atoms with Crippen LogP contribution in [0.25, 0.3) is 0 Å². The van der Waals surface area contributed by atoms with E-state index >= 15 is 0 Å². The second kappa shape index (κ2) is 18.5. The standard InChI is InChI=1S/C11H21N3O2.C8H14.C2H6.H2/c1-3-14(2)7-6-12-11(16)9-4-5-10(15)13-8-9;1-4-6-7-8(3)5-2;1-2;/h4,8,10-12,15-16H,3,5-7H2,1-2H3;4-6H,7H2,1-3H3;1-2H3;1H/b;6-4+,8-5+;;. The van der Waals surface area contributed by atoms with Crippen LogP contribution < -0.4 is 5.32 Å². The quantitative estimate of drug-likeness (QED) is 0.450. The highest BCUT2D eigenvalue weighted by atomic mass is 16.3. The number of aliphatic hydroxyl groups is 2. The SMILES string of the molecule is C/C=C/C/C(C)=C/C.CC.CCN(C)CCNC(O)C1=CCC(O)N=C1.[HH]. The maximum absolute atomic E-state index is 9.77. The van der Waals surface area contributed by atoms with Crippen molar-refractivity contribution in [3.8, 4) is 0 Å². The number of nitrogens with zero attached hydrogens (tertiary/aromatic N) is 2. The zero-order chi connectivity index (χ0) is 20.4. The van der Waals surface area contributed by atoms with Gasteiger partial charge in [0, 0.05) is 32.7 Å². The van der Waals surface area contributed by atoms with E-state index in [0.717, 1.165) is 31.6 Å². The van der Waals surface area contributed by atoms with Gasteiger partial charge in [-0.1, -0.05) is 50.6 Å². The van der Waals surface area contributed by atoms with Crippen molar-refractivity contribution in [3.63, 3.8) is 0 Å². The Labute approximate surface area is 162 Å². The molecule has 1 heterocycles. The first kappa shape index (κ1) is 27.0. The summed E-state index contributed by atoms with van der Waals surface area (Å²) in [5.74, 6) is 0. The van der Waals surface area contributed by atoms with Gasteiger partial charge in [0.05, 0.1) is 0 Å². The molecule has 2 unspecified atom stereocenters. The van der Waals surface area contributed by atoms with E-state index < -0.39 is 12.5 Å². The van der Waals surface area contributed by atoms with Gasteiger partial charge in [-0.25, -0.2) is 0 Å². The Kier molecular flexibility index (Phi) is 19.2. The molecule has 0 fully saturated rings. The summed E-state index contributed by atoms with van der Waals surface area (Å²) in [6.45, 7) is 14.9. The zero-order valence-electron chi connectivity index (χ0n) is 17.9. The molecule has 1 aliphatic rings. The van der Waals surface area contributed by atoms with Crippen molar-refractivity contribution < 1.29 is 11.6 Å². The minimum atomic E-state index is -0.693. The maximum Gasteiger partial charge on any atom is 0.148 e. The van der Waals surface area contributed by atoms with Gasteiger partial charge in [-0.3, -0.25) is 10.3 Å². The fourth-order valence-electron chi connectivity index (χ4n) is 1.80. The number of likely N-dealkylation sites (N-methyl/N-ethyl adjacent to an activating group) is 1. The van der Waals surface area contributed by atoms with Crippen LogP contribution in [0.4, 0.5) is 0 Å². The number of allylic oxidation sites excluding steroid dienone is 4. The van der Waals surface area contributed by atoms with E-state index in [1.807, 2.05) is 27.8 Å². The lowest BCUT2D eigenvalue weighted by molar-refractivity contribution is 0.165. The normalized spacial score (nSPS) is 18.0. The third kappa shape index (κ3) is 15.0. The summed E-state index contributed by atoms with van der Waals surface area (Å²) < 4.78 is 0. The smallest absolute Gasteiger partial charge is 0.148 e. The molecule has 0 aromatic carbocycles. The average molecular weight is 370 g/mol. The van der Waals surface area contributed by atoms with Gasteiger partial charge in [0.1, 0.15) is 12.5 Å². The third-order valence-corrected chi connectivity index (χ3v) is 3.82. The number of nitrogens with one attached hydrogen (secondary N) is 1. The van der Waals surface area contributed by atoms with Gasteiger partial charge < -0.3 is 15.1 Å². The van der Waals surface area contributed by atoms with Crippen molar-refractivity contribution in [2.24, 2.45) is 4.99 Å². The minimum absolute atomic E-state index is 0. The highest BCUT2D eigenvalue weighted by molar-refractivity contribution is 5.80. The first-order valence-corrected chi connectivity index (χ1v) is 9.68. The van der Waals surface area contributed by atoms with Crippen LogP contribution in [0.15, 0.2) is 40.4 Å². The van der Waals surface area contributed by atoms with E-state index in [4.69, 9.17) is 5.11 Å². The number of aliphatic hydroxyl groups excluding tert-OH is 2. The third-order valence-electron chi connectivity index (χ3n) is 3.82. The molecule has 1 rings (SSSR count). The maximum atomic E-state index is 9.77. The number of rotatable bonds is 8. The highest BCUT2D eigenvalue weighted by Crippen LogP contribution is 2.08. The van der Waals surface area contributed by atoms with E-state index in [0.29, 0.717) is 6.42 Å². The van der Waals surface area contributed by atoms with Gasteiger partial charge >= 0.3 is 0 Å². The summed E-state index contributed by atoms with van der Waals surface area (Å²) in [6.07, 6.45) is 9.94. The lowest BCUT2D eigenvalue weighted by Gasteiger charge is -2.19. The predicted octanol–water partition coefficient (Wildman–Crippen LogP) is 3.76. The molecule has 0 aliphatic carbocycles. The summed E-state index contributed by atoms with van der Waals surface area (Å²) >= 11 is 0. The molecule has 0 aromatic heterocycles. The Morgan fingerprint density at radius 2 is 2.12 bits per heavy atom. The molecule has 154 valence electrons. The van der Waals surface area contributed by atoms with Crippen LogP contribution in [0.5, 0.6) is 0 Å². The molecule has 0 spiro atoms. The summed E-state index contributed by atoms with van der Waals surface area (Å²) in [7, 11) is 2.03. The van der Waals surface area contributed by atoms with E-state index in [1.54, 1.807) is 6.08 Å². The lowest BCUT2D eigenvalue weighted by Crippen LogP contribution is -2.37. The Morgan fingerprint density at radius 3 is 2.58 bits per heavy atom. The van der Waals surface area contributed by atoms with Crippen LogP contribution in [0.1, 0.15) is 55.8 Å². The number of hydrogen-bond donors (Lipinski definition) is 3. The molecular weight excluding hydrogens is 326 g/mol. The largest absolute Gasteiger partial charge is 0.374 e. The topological polar surface area (TPSA) is 68.1 Å². The lowest BCUT2D eigenvalue weighted by atomic mass is 10.1. The van der Waals surface area contributed by atoms with Crippen molar-refractivity contribution in [1.82, 2.24) is 10.2 Å². The summed E-state index contributed by atoms with van der Waals surface area (Å²) in [6, 6.07) is 0. The first-order valence-electron chi connectivity index (χ1n) is 9.68. The molecule has 0 saturated heterocycles. The van der Waals surface area contributed by atoms with Crippen molar-refractivity contribution in [2.75, 3.05) is 26.7 Å². The van der Waals surface area contributed by atoms with Crippen molar-refractivity contribution in [3.05, 3.63) is 35.5 Å². The molecule has 0 aromatic rings. The van der Waals surface area contributed by atoms with Gasteiger partial charge in [0.2, 0.25) is 0 Å². The van der Waals surface area contributed by atoms with Gasteiger partial charge in [-0.2, -0.15) is 0 Å².